The van der Waals surface area contributed by atoms with Gasteiger partial charge in [0, 0.05) is 49.3 Å². The molecule has 1 aromatic carbocycles. The summed E-state index contributed by atoms with van der Waals surface area (Å²) >= 11 is 0. The number of rotatable bonds is 8. The molecular weight excluding hydrogens is 448 g/mol. The van der Waals surface area contributed by atoms with E-state index in [1.807, 2.05) is 12.1 Å². The van der Waals surface area contributed by atoms with Crippen molar-refractivity contribution in [3.63, 3.8) is 0 Å². The second kappa shape index (κ2) is 11.0. The van der Waals surface area contributed by atoms with Crippen molar-refractivity contribution in [1.29, 1.82) is 0 Å². The van der Waals surface area contributed by atoms with Gasteiger partial charge in [0.05, 0.1) is 38.3 Å². The maximum absolute atomic E-state index is 5.92. The first-order chi connectivity index (χ1) is 17.2. The van der Waals surface area contributed by atoms with Crippen LogP contribution < -0.4 is 15.1 Å². The molecule has 186 valence electrons. The number of morpholine rings is 2. The number of fused-ring (bicyclic) bond motifs is 1. The van der Waals surface area contributed by atoms with E-state index in [-0.39, 0.29) is 0 Å². The molecule has 35 heavy (non-hydrogen) atoms. The molecule has 3 aromatic rings. The summed E-state index contributed by atoms with van der Waals surface area (Å²) in [5, 5.41) is 5.55. The van der Waals surface area contributed by atoms with E-state index < -0.39 is 0 Å². The van der Waals surface area contributed by atoms with Crippen LogP contribution in [-0.2, 0) is 9.47 Å². The van der Waals surface area contributed by atoms with Gasteiger partial charge in [0.2, 0.25) is 5.95 Å². The zero-order chi connectivity index (χ0) is 24.0. The number of H-pyrrole nitrogens is 1. The van der Waals surface area contributed by atoms with Crippen molar-refractivity contribution < 1.29 is 14.2 Å². The minimum atomic E-state index is 0.302. The number of hydrazone groups is 1. The zero-order valence-electron chi connectivity index (χ0n) is 20.3. The summed E-state index contributed by atoms with van der Waals surface area (Å²) in [6.07, 6.45) is 1.60. The van der Waals surface area contributed by atoms with E-state index >= 15 is 0 Å². The number of ether oxygens (including phenoxy) is 3. The second-order valence-electron chi connectivity index (χ2n) is 8.68. The first-order valence-corrected chi connectivity index (χ1v) is 12.1. The smallest absolute Gasteiger partial charge is 0.321 e. The van der Waals surface area contributed by atoms with Crippen molar-refractivity contribution in [3.8, 4) is 6.01 Å². The van der Waals surface area contributed by atoms with Crippen molar-refractivity contribution in [2.75, 3.05) is 76.1 Å². The van der Waals surface area contributed by atoms with Crippen LogP contribution in [0, 0.1) is 13.8 Å². The number of aryl methyl sites for hydroxylation is 2. The van der Waals surface area contributed by atoms with Gasteiger partial charge >= 0.3 is 6.01 Å². The van der Waals surface area contributed by atoms with Crippen LogP contribution >= 0.6 is 0 Å². The van der Waals surface area contributed by atoms with Crippen molar-refractivity contribution in [1.82, 2.24) is 24.8 Å². The Balaban J connectivity index is 1.29. The lowest BCUT2D eigenvalue weighted by Crippen LogP contribution is -2.39. The van der Waals surface area contributed by atoms with Gasteiger partial charge < -0.3 is 24.1 Å². The molecule has 2 aromatic heterocycles. The van der Waals surface area contributed by atoms with Gasteiger partial charge in [-0.05, 0) is 37.6 Å². The lowest BCUT2D eigenvalue weighted by atomic mass is 10.1. The lowest BCUT2D eigenvalue weighted by Gasteiger charge is -2.27. The summed E-state index contributed by atoms with van der Waals surface area (Å²) in [7, 11) is 0. The van der Waals surface area contributed by atoms with E-state index in [1.165, 1.54) is 16.6 Å². The van der Waals surface area contributed by atoms with Gasteiger partial charge in [-0.3, -0.25) is 10.3 Å². The minimum Gasteiger partial charge on any atom is -0.462 e. The van der Waals surface area contributed by atoms with Crippen LogP contribution in [0.5, 0.6) is 6.01 Å². The van der Waals surface area contributed by atoms with Crippen LogP contribution in [0.2, 0.25) is 0 Å². The summed E-state index contributed by atoms with van der Waals surface area (Å²) in [4.78, 5) is 21.4. The normalized spacial score (nSPS) is 17.4. The highest BCUT2D eigenvalue weighted by Gasteiger charge is 2.17. The van der Waals surface area contributed by atoms with E-state index in [1.54, 1.807) is 6.21 Å². The fraction of sp³-hybridized carbons (Fsp3) is 0.500. The molecule has 0 bridgehead atoms. The predicted molar refractivity (Wildman–Crippen MR) is 135 cm³/mol. The van der Waals surface area contributed by atoms with Gasteiger partial charge in [0.1, 0.15) is 6.61 Å². The van der Waals surface area contributed by atoms with Crippen LogP contribution in [-0.4, -0.2) is 96.8 Å². The Morgan fingerprint density at radius 2 is 1.83 bits per heavy atom. The SMILES string of the molecule is Cc1[nH]c2ccc(NN=Cc3nc(OCCN4CCOCC4)nc(N4CCOCC4)n3)cc2c1C. The van der Waals surface area contributed by atoms with E-state index in [4.69, 9.17) is 14.2 Å². The quantitative estimate of drug-likeness (QED) is 0.369. The molecule has 11 heteroatoms. The average Bonchev–Trinajstić information content (AvgIpc) is 3.18. The van der Waals surface area contributed by atoms with Crippen LogP contribution in [0.25, 0.3) is 10.9 Å². The number of nitrogens with one attached hydrogen (secondary N) is 2. The van der Waals surface area contributed by atoms with Gasteiger partial charge in [-0.2, -0.15) is 20.1 Å². The second-order valence-corrected chi connectivity index (χ2v) is 8.68. The summed E-state index contributed by atoms with van der Waals surface area (Å²) < 4.78 is 16.8. The van der Waals surface area contributed by atoms with E-state index in [0.29, 0.717) is 37.6 Å². The summed E-state index contributed by atoms with van der Waals surface area (Å²) in [6.45, 7) is 11.6. The molecule has 2 fully saturated rings. The third-order valence-corrected chi connectivity index (χ3v) is 6.34. The zero-order valence-corrected chi connectivity index (χ0v) is 20.3. The summed E-state index contributed by atoms with van der Waals surface area (Å²) in [6, 6.07) is 6.42. The standard InChI is InChI=1S/C24H32N8O3/c1-17-18(2)26-21-4-3-19(15-20(17)21)30-25-16-22-27-23(32-8-12-34-13-9-32)29-24(28-22)35-14-7-31-5-10-33-11-6-31/h3-4,15-16,26,30H,5-14H2,1-2H3. The fourth-order valence-corrected chi connectivity index (χ4v) is 4.17. The molecule has 11 nitrogen and oxygen atoms in total. The maximum Gasteiger partial charge on any atom is 0.321 e. The van der Waals surface area contributed by atoms with Gasteiger partial charge in [-0.15, -0.1) is 0 Å². The Morgan fingerprint density at radius 1 is 1.06 bits per heavy atom. The molecule has 4 heterocycles. The Kier molecular flexibility index (Phi) is 7.36. The highest BCUT2D eigenvalue weighted by Crippen LogP contribution is 2.24. The number of aromatic nitrogens is 4. The maximum atomic E-state index is 5.92. The number of hydrogen-bond acceptors (Lipinski definition) is 10. The molecule has 0 saturated carbocycles. The Morgan fingerprint density at radius 3 is 2.63 bits per heavy atom. The van der Waals surface area contributed by atoms with E-state index in [9.17, 15) is 0 Å². The molecule has 2 aliphatic rings. The largest absolute Gasteiger partial charge is 0.462 e. The topological polar surface area (TPSA) is 113 Å². The molecule has 0 amide bonds. The van der Waals surface area contributed by atoms with Crippen molar-refractivity contribution in [2.24, 2.45) is 5.10 Å². The first kappa shape index (κ1) is 23.5. The van der Waals surface area contributed by atoms with Crippen LogP contribution in [0.1, 0.15) is 17.1 Å². The molecular formula is C24H32N8O3. The molecule has 0 radical (unpaired) electrons. The molecule has 0 spiro atoms. The molecule has 2 saturated heterocycles. The number of aromatic amines is 1. The Bertz CT molecular complexity index is 1170. The Labute approximate surface area is 204 Å². The monoisotopic (exact) mass is 480 g/mol. The number of anilines is 2. The highest BCUT2D eigenvalue weighted by molar-refractivity contribution is 5.87. The van der Waals surface area contributed by atoms with Gasteiger partial charge in [0.25, 0.3) is 0 Å². The predicted octanol–water partition coefficient (Wildman–Crippen LogP) is 1.96. The molecule has 5 rings (SSSR count). The lowest BCUT2D eigenvalue weighted by molar-refractivity contribution is 0.0317. The third kappa shape index (κ3) is 5.87. The molecule has 0 atom stereocenters. The van der Waals surface area contributed by atoms with Gasteiger partial charge in [-0.25, -0.2) is 0 Å². The van der Waals surface area contributed by atoms with Crippen LogP contribution in [0.4, 0.5) is 11.6 Å². The highest BCUT2D eigenvalue weighted by atomic mass is 16.5. The Hall–Kier alpha value is -3.28. The van der Waals surface area contributed by atoms with Crippen LogP contribution in [0.3, 0.4) is 0 Å². The van der Waals surface area contributed by atoms with Crippen molar-refractivity contribution in [3.05, 3.63) is 35.3 Å². The number of nitrogens with zero attached hydrogens (tertiary/aromatic N) is 6. The molecule has 2 aliphatic heterocycles. The first-order valence-electron chi connectivity index (χ1n) is 12.1. The van der Waals surface area contributed by atoms with E-state index in [2.05, 4.69) is 60.2 Å². The van der Waals surface area contributed by atoms with Crippen LogP contribution in [0.15, 0.2) is 23.3 Å². The average molecular weight is 481 g/mol. The number of hydrogen-bond donors (Lipinski definition) is 2. The summed E-state index contributed by atoms with van der Waals surface area (Å²) in [5.74, 6) is 1.01. The van der Waals surface area contributed by atoms with Crippen molar-refractivity contribution >= 4 is 28.8 Å². The van der Waals surface area contributed by atoms with Gasteiger partial charge in [-0.1, -0.05) is 0 Å². The minimum absolute atomic E-state index is 0.302. The van der Waals surface area contributed by atoms with E-state index in [0.717, 1.165) is 57.1 Å². The molecule has 0 unspecified atom stereocenters. The third-order valence-electron chi connectivity index (χ3n) is 6.34. The fourth-order valence-electron chi connectivity index (χ4n) is 4.17. The van der Waals surface area contributed by atoms with Crippen molar-refractivity contribution in [2.45, 2.75) is 13.8 Å². The number of benzene rings is 1. The summed E-state index contributed by atoms with van der Waals surface area (Å²) in [5.41, 5.74) is 7.49. The van der Waals surface area contributed by atoms with Gasteiger partial charge in [0.15, 0.2) is 5.82 Å². The molecule has 0 aliphatic carbocycles. The molecule has 2 N–H and O–H groups in total.